The summed E-state index contributed by atoms with van der Waals surface area (Å²) in [5, 5.41) is 4.69. The molecule has 4 aliphatic rings. The van der Waals surface area contributed by atoms with E-state index in [0.717, 1.165) is 54.2 Å². The van der Waals surface area contributed by atoms with Crippen molar-refractivity contribution >= 4 is 78.2 Å². The van der Waals surface area contributed by atoms with Crippen molar-refractivity contribution in [3.63, 3.8) is 0 Å². The number of amides is 2. The molecule has 57 heavy (non-hydrogen) atoms. The number of anilines is 4. The molecule has 2 amide bonds. The van der Waals surface area contributed by atoms with Crippen LogP contribution in [-0.2, 0) is 9.59 Å². The number of fused-ring (bicyclic) bond motifs is 2. The van der Waals surface area contributed by atoms with Crippen molar-refractivity contribution in [2.24, 2.45) is 0 Å². The molecule has 0 spiro atoms. The molecule has 4 fully saturated rings. The van der Waals surface area contributed by atoms with Gasteiger partial charge in [-0.15, -0.1) is 22.7 Å². The first kappa shape index (κ1) is 33.8. The molecule has 10 rings (SSSR count). The number of likely N-dealkylation sites (N-methyl/N-ethyl adjacent to an activating group) is 1. The highest BCUT2D eigenvalue weighted by Gasteiger charge is 2.26. The van der Waals surface area contributed by atoms with Crippen LogP contribution in [-0.4, -0.2) is 131 Å². The Balaban J connectivity index is 0.000000155. The Kier molecular flexibility index (Phi) is 9.44. The number of hydrogen-bond acceptors (Lipinski definition) is 14. The smallest absolute Gasteiger partial charge is 0.242 e. The monoisotopic (exact) mass is 816 g/mol. The molecule has 4 saturated heterocycles. The Morgan fingerprint density at radius 3 is 1.68 bits per heavy atom. The fourth-order valence-electron chi connectivity index (χ4n) is 7.20. The fraction of sp³-hybridized carbons (Fsp3) is 0.385. The topological polar surface area (TPSA) is 140 Å². The summed E-state index contributed by atoms with van der Waals surface area (Å²) in [6.07, 6.45) is 6.39. The Hall–Kier alpha value is -5.30. The van der Waals surface area contributed by atoms with Crippen LogP contribution in [0.5, 0.6) is 0 Å². The number of carbonyl (C=O) groups excluding carboxylic acids is 2. The molecule has 6 aromatic heterocycles. The predicted molar refractivity (Wildman–Crippen MR) is 220 cm³/mol. The Labute approximate surface area is 339 Å². The number of nitrogens with one attached hydrogen (secondary N) is 1. The molecule has 6 aromatic rings. The van der Waals surface area contributed by atoms with Crippen LogP contribution in [0.15, 0.2) is 61.2 Å². The normalized spacial score (nSPS) is 21.5. The highest BCUT2D eigenvalue weighted by Crippen LogP contribution is 2.34. The van der Waals surface area contributed by atoms with E-state index >= 15 is 0 Å². The van der Waals surface area contributed by atoms with Crippen LogP contribution in [0.3, 0.4) is 0 Å². The maximum atomic E-state index is 13.4. The minimum Gasteiger partial charge on any atom is -0.354 e. The summed E-state index contributed by atoms with van der Waals surface area (Å²) in [7, 11) is 0. The lowest BCUT2D eigenvalue weighted by Crippen LogP contribution is -2.49. The van der Waals surface area contributed by atoms with Gasteiger partial charge in [0.1, 0.15) is 56.7 Å². The molecule has 0 saturated carbocycles. The average Bonchev–Trinajstić information content (AvgIpc) is 4.07. The summed E-state index contributed by atoms with van der Waals surface area (Å²) in [4.78, 5) is 60.0. The molecule has 14 nitrogen and oxygen atoms in total. The van der Waals surface area contributed by atoms with Gasteiger partial charge in [0, 0.05) is 79.0 Å². The maximum absolute atomic E-state index is 13.4. The Morgan fingerprint density at radius 1 is 0.684 bits per heavy atom. The summed E-state index contributed by atoms with van der Waals surface area (Å²) in [5.74, 6) is 2.45. The average molecular weight is 817 g/mol. The van der Waals surface area contributed by atoms with E-state index in [9.17, 15) is 18.4 Å². The van der Waals surface area contributed by atoms with E-state index < -0.39 is 19.3 Å². The molecule has 294 valence electrons. The van der Waals surface area contributed by atoms with Crippen LogP contribution < -0.4 is 24.9 Å². The van der Waals surface area contributed by atoms with Crippen molar-refractivity contribution in [1.29, 1.82) is 0 Å². The van der Waals surface area contributed by atoms with Crippen LogP contribution in [0.2, 0.25) is 0 Å². The third kappa shape index (κ3) is 7.99. The van der Waals surface area contributed by atoms with Gasteiger partial charge in [-0.3, -0.25) is 24.3 Å². The number of aromatic nitrogens is 6. The number of carbonyl (C=O) groups is 2. The van der Waals surface area contributed by atoms with E-state index in [1.54, 1.807) is 41.0 Å². The standard InChI is InChI=1S/C20H21FN6OS.C19H19FN6OS/c1-25-6-7-27(19(28)12-25)18-8-16-15(10-23-18)24-20(29-16)13-2-3-17(22-9-13)26-5-4-14(21)11-26;20-13-3-5-25(11-13)16-2-1-12(8-22-16)19-24-14-9-23-17(7-15(14)28-19)26-6-4-21-10-18(26)27/h2-3,8-10,14H,4-7,11-12H2,1H3;1-2,7-9,13,21H,3-6,10-11H2/t14-;13-/m11/s1/i1T3;. The van der Waals surface area contributed by atoms with Gasteiger partial charge >= 0.3 is 0 Å². The minimum atomic E-state index is -2.28. The van der Waals surface area contributed by atoms with Gasteiger partial charge in [-0.1, -0.05) is 0 Å². The zero-order valence-electron chi connectivity index (χ0n) is 33.7. The summed E-state index contributed by atoms with van der Waals surface area (Å²) >= 11 is 3.02. The summed E-state index contributed by atoms with van der Waals surface area (Å²) in [6.45, 7) is 1.95. The summed E-state index contributed by atoms with van der Waals surface area (Å²) < 4.78 is 51.2. The van der Waals surface area contributed by atoms with E-state index in [4.69, 9.17) is 4.11 Å². The quantitative estimate of drug-likeness (QED) is 0.247. The van der Waals surface area contributed by atoms with Crippen molar-refractivity contribution in [3.05, 3.63) is 61.2 Å². The number of piperazine rings is 2. The van der Waals surface area contributed by atoms with Crippen LogP contribution >= 0.6 is 22.7 Å². The van der Waals surface area contributed by atoms with Crippen LogP contribution in [0, 0.1) is 0 Å². The fourth-order valence-corrected chi connectivity index (χ4v) is 9.12. The highest BCUT2D eigenvalue weighted by atomic mass is 32.1. The van der Waals surface area contributed by atoms with Crippen molar-refractivity contribution in [1.82, 2.24) is 40.1 Å². The molecular formula is C39H40F2N12O2S2. The zero-order chi connectivity index (χ0) is 41.5. The second kappa shape index (κ2) is 15.9. The third-order valence-electron chi connectivity index (χ3n) is 10.3. The second-order valence-corrected chi connectivity index (χ2v) is 16.3. The number of nitrogens with zero attached hydrogens (tertiary/aromatic N) is 11. The van der Waals surface area contributed by atoms with Gasteiger partial charge in [-0.05, 0) is 44.1 Å². The molecule has 2 atom stereocenters. The maximum Gasteiger partial charge on any atom is 0.242 e. The molecule has 4 aliphatic heterocycles. The van der Waals surface area contributed by atoms with E-state index in [2.05, 4.69) is 35.2 Å². The lowest BCUT2D eigenvalue weighted by molar-refractivity contribution is -0.121. The molecule has 0 bridgehead atoms. The largest absolute Gasteiger partial charge is 0.354 e. The lowest BCUT2D eigenvalue weighted by atomic mass is 10.3. The van der Waals surface area contributed by atoms with E-state index in [-0.39, 0.29) is 31.4 Å². The number of halogens is 2. The van der Waals surface area contributed by atoms with Gasteiger partial charge < -0.3 is 15.1 Å². The summed E-state index contributed by atoms with van der Waals surface area (Å²) in [6, 6.07) is 11.4. The predicted octanol–water partition coefficient (Wildman–Crippen LogP) is 4.82. The lowest BCUT2D eigenvalue weighted by Gasteiger charge is -2.31. The van der Waals surface area contributed by atoms with Crippen molar-refractivity contribution in [2.75, 3.05) is 92.0 Å². The Bertz CT molecular complexity index is 2530. The highest BCUT2D eigenvalue weighted by molar-refractivity contribution is 7.22. The number of alkyl halides is 2. The molecule has 0 aliphatic carbocycles. The van der Waals surface area contributed by atoms with Gasteiger partial charge in [0.15, 0.2) is 0 Å². The van der Waals surface area contributed by atoms with E-state index in [0.29, 0.717) is 69.3 Å². The number of thiazole rings is 2. The first-order valence-electron chi connectivity index (χ1n) is 20.3. The third-order valence-corrected chi connectivity index (χ3v) is 12.4. The van der Waals surface area contributed by atoms with Crippen LogP contribution in [0.4, 0.5) is 32.1 Å². The molecule has 0 aromatic carbocycles. The first-order chi connectivity index (χ1) is 28.9. The summed E-state index contributed by atoms with van der Waals surface area (Å²) in [5.41, 5.74) is 3.29. The van der Waals surface area contributed by atoms with Gasteiger partial charge in [-0.2, -0.15) is 0 Å². The SMILES string of the molecule is O=C1CNCCN1c1cc2sc(-c3ccc(N4CC[C@@H](F)C4)nc3)nc2cn1.[3H]C([3H])([3H])N1CCN(c2cc3sc(-c4ccc(N5CC[C@@H](F)C5)nc4)nc3cn2)C(=O)C1. The zero-order valence-corrected chi connectivity index (χ0v) is 32.4. The van der Waals surface area contributed by atoms with E-state index in [1.807, 2.05) is 46.2 Å². The second-order valence-electron chi connectivity index (χ2n) is 14.2. The number of pyridine rings is 4. The molecule has 10 heterocycles. The van der Waals surface area contributed by atoms with Crippen molar-refractivity contribution in [3.8, 4) is 21.1 Å². The van der Waals surface area contributed by atoms with Crippen LogP contribution in [0.25, 0.3) is 41.6 Å². The molecular weight excluding hydrogens is 771 g/mol. The molecule has 0 unspecified atom stereocenters. The number of hydrogen-bond donors (Lipinski definition) is 1. The van der Waals surface area contributed by atoms with E-state index in [1.165, 1.54) is 21.1 Å². The van der Waals surface area contributed by atoms with Gasteiger partial charge in [0.2, 0.25) is 11.8 Å². The number of rotatable bonds is 6. The van der Waals surface area contributed by atoms with Gasteiger partial charge in [0.25, 0.3) is 0 Å². The van der Waals surface area contributed by atoms with Crippen LogP contribution in [0.1, 0.15) is 17.0 Å². The molecule has 0 radical (unpaired) electrons. The first-order valence-corrected chi connectivity index (χ1v) is 20.4. The molecule has 18 heteroatoms. The molecule has 1 N–H and O–H groups in total. The van der Waals surface area contributed by atoms with Gasteiger partial charge in [0.05, 0.1) is 48.0 Å². The van der Waals surface area contributed by atoms with Gasteiger partial charge in [-0.25, -0.2) is 38.7 Å². The van der Waals surface area contributed by atoms with Crippen molar-refractivity contribution in [2.45, 2.75) is 25.2 Å². The van der Waals surface area contributed by atoms with Crippen molar-refractivity contribution < 1.29 is 22.5 Å². The minimum absolute atomic E-state index is 0.0278. The Morgan fingerprint density at radius 2 is 1.23 bits per heavy atom.